The molecule has 254 valence electrons. The Balaban J connectivity index is 1.18. The van der Waals surface area contributed by atoms with Gasteiger partial charge in [-0.1, -0.05) is 19.8 Å². The van der Waals surface area contributed by atoms with Crippen molar-refractivity contribution in [3.8, 4) is 6.07 Å². The van der Waals surface area contributed by atoms with Gasteiger partial charge in [-0.25, -0.2) is 0 Å². The van der Waals surface area contributed by atoms with Crippen molar-refractivity contribution in [3.63, 3.8) is 0 Å². The van der Waals surface area contributed by atoms with Crippen LogP contribution in [0.1, 0.15) is 59.7 Å². The van der Waals surface area contributed by atoms with E-state index in [0.717, 1.165) is 36.8 Å². The summed E-state index contributed by atoms with van der Waals surface area (Å²) >= 11 is 0. The molecule has 3 saturated heterocycles. The number of benzene rings is 1. The van der Waals surface area contributed by atoms with Crippen LogP contribution in [0.2, 0.25) is 0 Å². The van der Waals surface area contributed by atoms with E-state index in [-0.39, 0.29) is 29.6 Å². The van der Waals surface area contributed by atoms with Crippen molar-refractivity contribution in [2.24, 2.45) is 17.8 Å². The minimum absolute atomic E-state index is 0.0378. The monoisotopic (exact) mass is 679 g/mol. The van der Waals surface area contributed by atoms with Gasteiger partial charge in [0.2, 0.25) is 0 Å². The van der Waals surface area contributed by atoms with Crippen molar-refractivity contribution >= 4 is 21.9 Å². The number of pyridine rings is 2. The van der Waals surface area contributed by atoms with Crippen LogP contribution in [0.25, 0.3) is 0 Å². The molecule has 1 amide bonds. The highest BCUT2D eigenvalue weighted by Crippen LogP contribution is 2.53. The number of nitrogens with zero attached hydrogens (tertiary/aromatic N) is 6. The normalized spacial score (nSPS) is 24.8. The summed E-state index contributed by atoms with van der Waals surface area (Å²) in [5.41, 5.74) is 1.58. The minimum atomic E-state index is -3.60. The first kappa shape index (κ1) is 33.1. The van der Waals surface area contributed by atoms with E-state index in [1.54, 1.807) is 62.6 Å². The van der Waals surface area contributed by atoms with Crippen molar-refractivity contribution in [2.75, 3.05) is 26.2 Å². The lowest BCUT2D eigenvalue weighted by atomic mass is 9.85. The molecule has 1 saturated carbocycles. The number of nitrogens with one attached hydrogen (secondary N) is 1. The van der Waals surface area contributed by atoms with E-state index in [1.807, 2.05) is 24.3 Å². The lowest BCUT2D eigenvalue weighted by Crippen LogP contribution is -2.51. The van der Waals surface area contributed by atoms with Crippen molar-refractivity contribution in [1.82, 2.24) is 28.8 Å². The van der Waals surface area contributed by atoms with E-state index in [0.29, 0.717) is 61.9 Å². The quantitative estimate of drug-likeness (QED) is 0.239. The molecule has 3 aliphatic heterocycles. The van der Waals surface area contributed by atoms with Crippen LogP contribution < -0.4 is 5.32 Å². The van der Waals surface area contributed by atoms with E-state index < -0.39 is 15.7 Å². The Hall–Kier alpha value is -4.44. The Morgan fingerprint density at radius 3 is 2.04 bits per heavy atom. The number of carbonyl (C=O) groups excluding carboxylic acids is 2. The number of rotatable bonds is 11. The first-order valence-corrected chi connectivity index (χ1v) is 18.5. The van der Waals surface area contributed by atoms with Crippen LogP contribution in [0.15, 0.2) is 85.2 Å². The number of fused-ring (bicyclic) bond motifs is 1. The van der Waals surface area contributed by atoms with Gasteiger partial charge in [-0.05, 0) is 78.4 Å². The van der Waals surface area contributed by atoms with Crippen LogP contribution in [0.4, 0.5) is 0 Å². The molecule has 0 bridgehead atoms. The van der Waals surface area contributed by atoms with Gasteiger partial charge in [-0.15, -0.1) is 0 Å². The van der Waals surface area contributed by atoms with E-state index in [2.05, 4.69) is 28.3 Å². The maximum Gasteiger partial charge on any atom is 0.281 e. The molecule has 1 aliphatic carbocycles. The lowest BCUT2D eigenvalue weighted by Gasteiger charge is -2.34. The van der Waals surface area contributed by atoms with Crippen molar-refractivity contribution in [3.05, 3.63) is 107 Å². The van der Waals surface area contributed by atoms with Gasteiger partial charge >= 0.3 is 0 Å². The number of allylic oxidation sites excluding steroid dienone is 1. The molecular weight excluding hydrogens is 639 g/mol. The van der Waals surface area contributed by atoms with Gasteiger partial charge in [-0.2, -0.15) is 22.3 Å². The van der Waals surface area contributed by atoms with Crippen LogP contribution in [0, 0.1) is 29.1 Å². The van der Waals surface area contributed by atoms with E-state index in [9.17, 15) is 23.3 Å². The number of piperidine rings is 2. The van der Waals surface area contributed by atoms with Gasteiger partial charge in [0.05, 0.1) is 11.6 Å². The second-order valence-corrected chi connectivity index (χ2v) is 15.7. The van der Waals surface area contributed by atoms with Gasteiger partial charge in [0, 0.05) is 93.3 Å². The molecule has 2 aromatic heterocycles. The summed E-state index contributed by atoms with van der Waals surface area (Å²) < 4.78 is 30.6. The van der Waals surface area contributed by atoms with Crippen LogP contribution >= 0.6 is 0 Å². The first-order chi connectivity index (χ1) is 23.7. The molecule has 5 heterocycles. The molecule has 2 unspecified atom stereocenters. The van der Waals surface area contributed by atoms with E-state index in [1.165, 1.54) is 6.08 Å². The van der Waals surface area contributed by atoms with E-state index >= 15 is 0 Å². The molecule has 49 heavy (non-hydrogen) atoms. The van der Waals surface area contributed by atoms with E-state index in [4.69, 9.17) is 0 Å². The third kappa shape index (κ3) is 6.50. The summed E-state index contributed by atoms with van der Waals surface area (Å²) in [6.07, 6.45) is 13.0. The number of carbonyl (C=O) groups is 2. The fraction of sp³-hybridized carbons (Fsp3) is 0.432. The predicted octanol–water partition coefficient (Wildman–Crippen LogP) is 3.72. The minimum Gasteiger partial charge on any atom is -0.357 e. The Morgan fingerprint density at radius 2 is 1.51 bits per heavy atom. The maximum atomic E-state index is 14.9. The van der Waals surface area contributed by atoms with Gasteiger partial charge in [0.15, 0.2) is 5.78 Å². The molecule has 4 fully saturated rings. The van der Waals surface area contributed by atoms with Gasteiger partial charge < -0.3 is 5.32 Å². The van der Waals surface area contributed by atoms with Crippen LogP contribution in [-0.4, -0.2) is 81.3 Å². The van der Waals surface area contributed by atoms with Crippen LogP contribution in [0.5, 0.6) is 0 Å². The van der Waals surface area contributed by atoms with Gasteiger partial charge in [-0.3, -0.25) is 24.5 Å². The second-order valence-electron chi connectivity index (χ2n) is 13.8. The molecular formula is C37H41N7O4S. The first-order valence-electron chi connectivity index (χ1n) is 17.1. The number of hydrogen-bond donors (Lipinski definition) is 1. The predicted molar refractivity (Wildman–Crippen MR) is 183 cm³/mol. The third-order valence-corrected chi connectivity index (χ3v) is 12.6. The third-order valence-electron chi connectivity index (χ3n) is 10.7. The van der Waals surface area contributed by atoms with Crippen LogP contribution in [0.3, 0.4) is 0 Å². The molecule has 0 spiro atoms. The SMILES string of the molecule is CCCC1CCN(S(=O)(=O)N2CC3C(C2)C3N2C(=O)C(Cc3ccncc3)(Cc3ccncc3)N/C2=C\C(=O)c2ccc(C#N)cc2)CC1. The molecule has 11 nitrogen and oxygen atoms in total. The van der Waals surface area contributed by atoms with Crippen molar-refractivity contribution in [1.29, 1.82) is 5.26 Å². The number of ketones is 1. The number of amides is 1. The number of aromatic nitrogens is 2. The molecule has 1 N–H and O–H groups in total. The summed E-state index contributed by atoms with van der Waals surface area (Å²) in [6.45, 7) is 3.95. The molecule has 3 aromatic rings. The summed E-state index contributed by atoms with van der Waals surface area (Å²) in [6, 6.07) is 15.8. The Morgan fingerprint density at radius 1 is 0.939 bits per heavy atom. The Kier molecular flexibility index (Phi) is 9.09. The van der Waals surface area contributed by atoms with Gasteiger partial charge in [0.25, 0.3) is 16.1 Å². The molecule has 2 atom stereocenters. The zero-order chi connectivity index (χ0) is 34.2. The average molecular weight is 680 g/mol. The van der Waals surface area contributed by atoms with Crippen molar-refractivity contribution in [2.45, 2.75) is 57.0 Å². The fourth-order valence-electron chi connectivity index (χ4n) is 8.05. The highest BCUT2D eigenvalue weighted by molar-refractivity contribution is 7.86. The lowest BCUT2D eigenvalue weighted by molar-refractivity contribution is -0.132. The zero-order valence-corrected chi connectivity index (χ0v) is 28.4. The largest absolute Gasteiger partial charge is 0.357 e. The topological polar surface area (TPSA) is 140 Å². The Bertz CT molecular complexity index is 1820. The molecule has 7 rings (SSSR count). The fourth-order valence-corrected chi connectivity index (χ4v) is 9.77. The summed E-state index contributed by atoms with van der Waals surface area (Å²) in [4.78, 5) is 38.6. The summed E-state index contributed by atoms with van der Waals surface area (Å²) in [7, 11) is -3.60. The zero-order valence-electron chi connectivity index (χ0n) is 27.6. The molecule has 12 heteroatoms. The van der Waals surface area contributed by atoms with Gasteiger partial charge in [0.1, 0.15) is 11.4 Å². The second kappa shape index (κ2) is 13.5. The summed E-state index contributed by atoms with van der Waals surface area (Å²) in [5, 5.41) is 12.8. The van der Waals surface area contributed by atoms with Crippen molar-refractivity contribution < 1.29 is 18.0 Å². The standard InChI is InChI=1S/C37H41N7O4S/c1-2-3-26-12-18-42(19-13-26)49(47,48)43-24-31-32(25-43)35(31)44-34(20-33(45)30-6-4-29(23-38)5-7-30)41-37(36(44)46,21-27-8-14-39-15-9-27)22-28-10-16-40-17-11-28/h4-11,14-17,20,26,31-32,35,41H,2-3,12-13,18-19,21-22,24-25H2,1H3/b34-20+. The molecule has 0 radical (unpaired) electrons. The molecule has 1 aromatic carbocycles. The number of hydrogen-bond acceptors (Lipinski definition) is 8. The molecule has 4 aliphatic rings. The average Bonchev–Trinajstić information content (AvgIpc) is 3.44. The maximum absolute atomic E-state index is 14.9. The number of nitriles is 1. The summed E-state index contributed by atoms with van der Waals surface area (Å²) in [5.74, 6) is 0.475. The highest BCUT2D eigenvalue weighted by Gasteiger charge is 2.66. The highest BCUT2D eigenvalue weighted by atomic mass is 32.2. The smallest absolute Gasteiger partial charge is 0.281 e. The van der Waals surface area contributed by atoms with Crippen LogP contribution in [-0.2, 0) is 27.8 Å². The Labute approximate surface area is 287 Å².